The van der Waals surface area contributed by atoms with Gasteiger partial charge in [0.05, 0.1) is 12.1 Å². The molecule has 0 radical (unpaired) electrons. The Bertz CT molecular complexity index is 860. The molecule has 2 N–H and O–H groups in total. The summed E-state index contributed by atoms with van der Waals surface area (Å²) in [5, 5.41) is 3.10. The number of nitrogens with zero attached hydrogens (tertiary/aromatic N) is 1. The Balaban J connectivity index is 1.54. The third-order valence-electron chi connectivity index (χ3n) is 4.50. The third kappa shape index (κ3) is 4.78. The van der Waals surface area contributed by atoms with E-state index in [1.807, 2.05) is 0 Å². The van der Waals surface area contributed by atoms with E-state index < -0.39 is 21.8 Å². The molecule has 1 fully saturated rings. The summed E-state index contributed by atoms with van der Waals surface area (Å²) in [5.41, 5.74) is 0.117. The van der Waals surface area contributed by atoms with Gasteiger partial charge in [0.1, 0.15) is 11.1 Å². The highest BCUT2D eigenvalue weighted by Crippen LogP contribution is 2.29. The van der Waals surface area contributed by atoms with E-state index in [1.165, 1.54) is 22.6 Å². The minimum absolute atomic E-state index is 0.220. The number of rotatable bonds is 6. The Morgan fingerprint density at radius 3 is 2.26 bits per heavy atom. The molecule has 1 saturated heterocycles. The molecule has 0 atom stereocenters. The average Bonchev–Trinajstić information content (AvgIpc) is 3.17. The van der Waals surface area contributed by atoms with E-state index >= 15 is 0 Å². The summed E-state index contributed by atoms with van der Waals surface area (Å²) in [6.07, 6.45) is -0.574. The average molecular weight is 400 g/mol. The van der Waals surface area contributed by atoms with Gasteiger partial charge in [0.15, 0.2) is 0 Å². The molecule has 2 aromatic rings. The Labute approximate surface area is 156 Å². The molecule has 0 spiro atoms. The van der Waals surface area contributed by atoms with Gasteiger partial charge in [0.25, 0.3) is 5.82 Å². The lowest BCUT2D eigenvalue weighted by Crippen LogP contribution is -2.29. The highest BCUT2D eigenvalue weighted by atomic mass is 32.2. The van der Waals surface area contributed by atoms with Gasteiger partial charge in [-0.2, -0.15) is 17.5 Å². The van der Waals surface area contributed by atoms with Crippen LogP contribution in [-0.4, -0.2) is 32.4 Å². The quantitative estimate of drug-likeness (QED) is 0.811. The second-order valence-electron chi connectivity index (χ2n) is 6.42. The number of nitrogens with one attached hydrogen (secondary N) is 2. The van der Waals surface area contributed by atoms with Crippen LogP contribution in [0.5, 0.6) is 0 Å². The number of H-pyrrole nitrogens is 1. The molecule has 1 aliphatic heterocycles. The predicted molar refractivity (Wildman–Crippen MR) is 94.6 cm³/mol. The molecule has 2 heterocycles. The first kappa shape index (κ1) is 19.6. The number of anilines is 1. The van der Waals surface area contributed by atoms with E-state index in [0.717, 1.165) is 30.5 Å². The Kier molecular flexibility index (Phi) is 5.71. The molecular weight excluding hydrogens is 379 g/mol. The molecule has 3 rings (SSSR count). The maximum Gasteiger partial charge on any atom is 0.416 e. The van der Waals surface area contributed by atoms with Gasteiger partial charge in [-0.3, -0.25) is 5.32 Å². The first-order valence-corrected chi connectivity index (χ1v) is 10.1. The van der Waals surface area contributed by atoms with Crippen LogP contribution >= 0.6 is 0 Å². The Morgan fingerprint density at radius 2 is 1.70 bits per heavy atom. The molecule has 5 nitrogen and oxygen atoms in total. The van der Waals surface area contributed by atoms with Crippen molar-refractivity contribution in [1.29, 1.82) is 0 Å². The zero-order chi connectivity index (χ0) is 19.5. The number of sulfonamides is 1. The standard InChI is InChI=1S/C18H20F3N3O2S/c19-18(20,21)15-5-3-14(4-6-15)9-10-22-17-8-7-16(13-23-17)27(25,26)24-11-1-2-12-24/h3-8,13H,1-2,9-12H2,(H,22,23)/p+1. The first-order valence-electron chi connectivity index (χ1n) is 8.69. The summed E-state index contributed by atoms with van der Waals surface area (Å²) < 4.78 is 64.0. The van der Waals surface area contributed by atoms with Crippen LogP contribution in [0.15, 0.2) is 47.5 Å². The summed E-state index contributed by atoms with van der Waals surface area (Å²) in [7, 11) is -3.45. The molecule has 146 valence electrons. The summed E-state index contributed by atoms with van der Waals surface area (Å²) in [5.74, 6) is 0.641. The Morgan fingerprint density at radius 1 is 1.04 bits per heavy atom. The van der Waals surface area contributed by atoms with Gasteiger partial charge >= 0.3 is 6.18 Å². The van der Waals surface area contributed by atoms with Crippen molar-refractivity contribution in [3.05, 3.63) is 53.7 Å². The van der Waals surface area contributed by atoms with E-state index in [2.05, 4.69) is 10.3 Å². The monoisotopic (exact) mass is 400 g/mol. The van der Waals surface area contributed by atoms with Crippen LogP contribution in [0.25, 0.3) is 0 Å². The second kappa shape index (κ2) is 7.85. The largest absolute Gasteiger partial charge is 0.416 e. The Hall–Kier alpha value is -2.13. The van der Waals surface area contributed by atoms with Crippen molar-refractivity contribution in [3.63, 3.8) is 0 Å². The molecule has 1 aliphatic rings. The van der Waals surface area contributed by atoms with Gasteiger partial charge in [-0.15, -0.1) is 0 Å². The third-order valence-corrected chi connectivity index (χ3v) is 6.39. The molecular formula is C18H21F3N3O2S+. The molecule has 0 amide bonds. The zero-order valence-electron chi connectivity index (χ0n) is 14.6. The van der Waals surface area contributed by atoms with E-state index in [4.69, 9.17) is 0 Å². The summed E-state index contributed by atoms with van der Waals surface area (Å²) >= 11 is 0. The fraction of sp³-hybridized carbons (Fsp3) is 0.389. The van der Waals surface area contributed by atoms with Crippen molar-refractivity contribution in [2.24, 2.45) is 0 Å². The van der Waals surface area contributed by atoms with Crippen LogP contribution in [0.1, 0.15) is 24.0 Å². The van der Waals surface area contributed by atoms with Crippen molar-refractivity contribution in [1.82, 2.24) is 4.31 Å². The number of hydrogen-bond acceptors (Lipinski definition) is 3. The van der Waals surface area contributed by atoms with E-state index in [0.29, 0.717) is 31.9 Å². The second-order valence-corrected chi connectivity index (χ2v) is 8.36. The van der Waals surface area contributed by atoms with Gasteiger partial charge in [-0.1, -0.05) is 12.1 Å². The van der Waals surface area contributed by atoms with E-state index in [9.17, 15) is 21.6 Å². The topological polar surface area (TPSA) is 63.6 Å². The number of aromatic nitrogens is 1. The molecule has 0 saturated carbocycles. The van der Waals surface area contributed by atoms with Gasteiger partial charge in [-0.05, 0) is 36.6 Å². The van der Waals surface area contributed by atoms with E-state index in [-0.39, 0.29) is 4.90 Å². The summed E-state index contributed by atoms with van der Waals surface area (Å²) in [4.78, 5) is 3.14. The number of hydrogen-bond donors (Lipinski definition) is 1. The highest BCUT2D eigenvalue weighted by molar-refractivity contribution is 7.89. The van der Waals surface area contributed by atoms with Gasteiger partial charge < -0.3 is 0 Å². The fourth-order valence-electron chi connectivity index (χ4n) is 2.96. The minimum Gasteiger partial charge on any atom is -0.274 e. The first-order chi connectivity index (χ1) is 12.8. The van der Waals surface area contributed by atoms with Gasteiger partial charge in [-0.25, -0.2) is 13.4 Å². The molecule has 0 unspecified atom stereocenters. The zero-order valence-corrected chi connectivity index (χ0v) is 15.4. The molecule has 1 aromatic carbocycles. The molecule has 1 aromatic heterocycles. The van der Waals surface area contributed by atoms with Crippen molar-refractivity contribution < 1.29 is 26.6 Å². The van der Waals surface area contributed by atoms with Crippen LogP contribution in [0, 0.1) is 0 Å². The molecule has 9 heteroatoms. The normalized spacial score (nSPS) is 15.8. The molecule has 0 aliphatic carbocycles. The number of aromatic amines is 1. The van der Waals surface area contributed by atoms with E-state index in [1.54, 1.807) is 12.1 Å². The van der Waals surface area contributed by atoms with Crippen molar-refractivity contribution in [2.75, 3.05) is 25.0 Å². The van der Waals surface area contributed by atoms with Crippen LogP contribution in [0.3, 0.4) is 0 Å². The number of alkyl halides is 3. The van der Waals surface area contributed by atoms with Crippen molar-refractivity contribution >= 4 is 15.8 Å². The lowest BCUT2D eigenvalue weighted by atomic mass is 10.1. The molecule has 27 heavy (non-hydrogen) atoms. The van der Waals surface area contributed by atoms with Crippen LogP contribution in [0.4, 0.5) is 19.0 Å². The number of pyridine rings is 1. The predicted octanol–water partition coefficient (Wildman–Crippen LogP) is 2.96. The lowest BCUT2D eigenvalue weighted by molar-refractivity contribution is -0.364. The van der Waals surface area contributed by atoms with Crippen LogP contribution in [0.2, 0.25) is 0 Å². The fourth-order valence-corrected chi connectivity index (χ4v) is 4.45. The maximum absolute atomic E-state index is 12.5. The van der Waals surface area contributed by atoms with Crippen LogP contribution in [-0.2, 0) is 22.6 Å². The minimum atomic E-state index is -4.33. The number of benzene rings is 1. The summed E-state index contributed by atoms with van der Waals surface area (Å²) in [6.45, 7) is 1.60. The van der Waals surface area contributed by atoms with Crippen molar-refractivity contribution in [3.8, 4) is 0 Å². The maximum atomic E-state index is 12.5. The van der Waals surface area contributed by atoms with Crippen LogP contribution < -0.4 is 10.3 Å². The highest BCUT2D eigenvalue weighted by Gasteiger charge is 2.30. The number of halogens is 3. The lowest BCUT2D eigenvalue weighted by Gasteiger charge is -2.14. The van der Waals surface area contributed by atoms with Gasteiger partial charge in [0.2, 0.25) is 10.0 Å². The molecule has 0 bridgehead atoms. The van der Waals surface area contributed by atoms with Gasteiger partial charge in [0, 0.05) is 25.6 Å². The SMILES string of the molecule is O=S(=O)(c1ccc(NCCc2ccc(C(F)(F)F)cc2)[nH+]c1)N1CCCC1. The smallest absolute Gasteiger partial charge is 0.274 e. The van der Waals surface area contributed by atoms with Crippen molar-refractivity contribution in [2.45, 2.75) is 30.3 Å². The summed E-state index contributed by atoms with van der Waals surface area (Å²) in [6, 6.07) is 8.25.